The third-order valence-electron chi connectivity index (χ3n) is 3.49. The van der Waals surface area contributed by atoms with Crippen LogP contribution in [0.1, 0.15) is 5.56 Å². The maximum absolute atomic E-state index is 10.7. The summed E-state index contributed by atoms with van der Waals surface area (Å²) in [5.41, 5.74) is 5.54. The molecule has 0 bridgehead atoms. The SMILES string of the molecule is COc1ccc(C=NNc2nc(-c3ccccc3)cs2)cc1OCC(=O)O. The minimum atomic E-state index is -1.06. The molecule has 0 spiro atoms. The first-order chi connectivity index (χ1) is 13.2. The van der Waals surface area contributed by atoms with Crippen LogP contribution in [-0.4, -0.2) is 36.0 Å². The number of nitrogens with zero attached hydrogens (tertiary/aromatic N) is 2. The van der Waals surface area contributed by atoms with Gasteiger partial charge in [0.1, 0.15) is 0 Å². The smallest absolute Gasteiger partial charge is 0.341 e. The predicted molar refractivity (Wildman–Crippen MR) is 105 cm³/mol. The van der Waals surface area contributed by atoms with E-state index in [9.17, 15) is 4.79 Å². The Hall–Kier alpha value is -3.39. The van der Waals surface area contributed by atoms with Crippen molar-refractivity contribution in [3.05, 3.63) is 59.5 Å². The van der Waals surface area contributed by atoms with Crippen molar-refractivity contribution in [2.24, 2.45) is 5.10 Å². The molecule has 0 fully saturated rings. The molecule has 2 N–H and O–H groups in total. The number of nitrogens with one attached hydrogen (secondary N) is 1. The van der Waals surface area contributed by atoms with Crippen LogP contribution in [0.5, 0.6) is 11.5 Å². The minimum Gasteiger partial charge on any atom is -0.493 e. The molecule has 3 aromatic rings. The van der Waals surface area contributed by atoms with Crippen molar-refractivity contribution < 1.29 is 19.4 Å². The van der Waals surface area contributed by atoms with Gasteiger partial charge in [0.05, 0.1) is 19.0 Å². The molecule has 0 aliphatic heterocycles. The summed E-state index contributed by atoms with van der Waals surface area (Å²) in [4.78, 5) is 15.2. The minimum absolute atomic E-state index is 0.337. The van der Waals surface area contributed by atoms with Gasteiger partial charge in [-0.1, -0.05) is 30.3 Å². The van der Waals surface area contributed by atoms with E-state index in [2.05, 4.69) is 15.5 Å². The fraction of sp³-hybridized carbons (Fsp3) is 0.105. The van der Waals surface area contributed by atoms with Crippen molar-refractivity contribution in [1.82, 2.24) is 4.98 Å². The number of hydrogen-bond acceptors (Lipinski definition) is 7. The quantitative estimate of drug-likeness (QED) is 0.455. The van der Waals surface area contributed by atoms with Gasteiger partial charge in [0.25, 0.3) is 0 Å². The molecule has 0 atom stereocenters. The van der Waals surface area contributed by atoms with E-state index in [1.54, 1.807) is 24.4 Å². The van der Waals surface area contributed by atoms with E-state index in [-0.39, 0.29) is 0 Å². The molecule has 3 rings (SSSR count). The number of anilines is 1. The van der Waals surface area contributed by atoms with Crippen LogP contribution in [0, 0.1) is 0 Å². The highest BCUT2D eigenvalue weighted by molar-refractivity contribution is 7.14. The van der Waals surface area contributed by atoms with Crippen molar-refractivity contribution in [2.75, 3.05) is 19.1 Å². The van der Waals surface area contributed by atoms with E-state index in [1.165, 1.54) is 18.4 Å². The van der Waals surface area contributed by atoms with Gasteiger partial charge in [0.2, 0.25) is 5.13 Å². The van der Waals surface area contributed by atoms with Crippen molar-refractivity contribution in [2.45, 2.75) is 0 Å². The predicted octanol–water partition coefficient (Wildman–Crippen LogP) is 3.73. The molecule has 0 saturated heterocycles. The van der Waals surface area contributed by atoms with Gasteiger partial charge in [0.15, 0.2) is 18.1 Å². The summed E-state index contributed by atoms with van der Waals surface area (Å²) in [6.45, 7) is -0.448. The topological polar surface area (TPSA) is 93.0 Å². The van der Waals surface area contributed by atoms with Crippen molar-refractivity contribution in [3.63, 3.8) is 0 Å². The molecule has 7 nitrogen and oxygen atoms in total. The van der Waals surface area contributed by atoms with Crippen LogP contribution in [0.2, 0.25) is 0 Å². The molecule has 0 saturated carbocycles. The number of aromatic nitrogens is 1. The largest absolute Gasteiger partial charge is 0.493 e. The van der Waals surface area contributed by atoms with Gasteiger partial charge in [0, 0.05) is 10.9 Å². The summed E-state index contributed by atoms with van der Waals surface area (Å²) in [7, 11) is 1.49. The molecule has 0 radical (unpaired) electrons. The normalized spacial score (nSPS) is 10.7. The number of aliphatic carboxylic acids is 1. The number of carboxylic acids is 1. The molecule has 27 heavy (non-hydrogen) atoms. The number of hydrazone groups is 1. The molecule has 2 aromatic carbocycles. The Morgan fingerprint density at radius 1 is 1.26 bits per heavy atom. The first kappa shape index (κ1) is 18.4. The fourth-order valence-corrected chi connectivity index (χ4v) is 2.92. The van der Waals surface area contributed by atoms with E-state index in [0.29, 0.717) is 16.6 Å². The molecule has 1 aromatic heterocycles. The second-order valence-corrected chi connectivity index (χ2v) is 6.22. The second-order valence-electron chi connectivity index (χ2n) is 5.37. The molecule has 0 aliphatic rings. The lowest BCUT2D eigenvalue weighted by atomic mass is 10.2. The van der Waals surface area contributed by atoms with Crippen LogP contribution < -0.4 is 14.9 Å². The standard InChI is InChI=1S/C19H17N3O4S/c1-25-16-8-7-13(9-17(16)26-11-18(23)24)10-20-22-19-21-15(12-27-19)14-5-3-2-4-6-14/h2-10,12H,11H2,1H3,(H,21,22)(H,23,24). The summed E-state index contributed by atoms with van der Waals surface area (Å²) >= 11 is 1.45. The average Bonchev–Trinajstić information content (AvgIpc) is 3.16. The number of ether oxygens (including phenoxy) is 2. The van der Waals surface area contributed by atoms with E-state index in [4.69, 9.17) is 14.6 Å². The second kappa shape index (κ2) is 8.81. The van der Waals surface area contributed by atoms with Crippen LogP contribution in [0.3, 0.4) is 0 Å². The van der Waals surface area contributed by atoms with Gasteiger partial charge in [-0.3, -0.25) is 5.43 Å². The molecule has 0 aliphatic carbocycles. The van der Waals surface area contributed by atoms with Gasteiger partial charge in [-0.2, -0.15) is 5.10 Å². The highest BCUT2D eigenvalue weighted by Gasteiger charge is 2.07. The van der Waals surface area contributed by atoms with Crippen molar-refractivity contribution in [1.29, 1.82) is 0 Å². The lowest BCUT2D eigenvalue weighted by Gasteiger charge is -2.09. The number of carboxylic acid groups (broad SMARTS) is 1. The summed E-state index contributed by atoms with van der Waals surface area (Å²) < 4.78 is 10.4. The summed E-state index contributed by atoms with van der Waals surface area (Å²) in [6.07, 6.45) is 1.59. The fourth-order valence-electron chi connectivity index (χ4n) is 2.25. The molecular formula is C19H17N3O4S. The van der Waals surface area contributed by atoms with Crippen molar-refractivity contribution in [3.8, 4) is 22.8 Å². The zero-order valence-electron chi connectivity index (χ0n) is 14.5. The van der Waals surface area contributed by atoms with Gasteiger partial charge >= 0.3 is 5.97 Å². The highest BCUT2D eigenvalue weighted by atomic mass is 32.1. The van der Waals surface area contributed by atoms with E-state index in [0.717, 1.165) is 16.8 Å². The highest BCUT2D eigenvalue weighted by Crippen LogP contribution is 2.28. The maximum Gasteiger partial charge on any atom is 0.341 e. The Balaban J connectivity index is 1.67. The van der Waals surface area contributed by atoms with E-state index < -0.39 is 12.6 Å². The monoisotopic (exact) mass is 383 g/mol. The molecule has 8 heteroatoms. The molecule has 0 unspecified atom stereocenters. The Kier molecular flexibility index (Phi) is 6.01. The third-order valence-corrected chi connectivity index (χ3v) is 4.23. The Morgan fingerprint density at radius 3 is 2.81 bits per heavy atom. The number of hydrogen-bond donors (Lipinski definition) is 2. The van der Waals surface area contributed by atoms with Crippen LogP contribution in [0.15, 0.2) is 59.0 Å². The number of methoxy groups -OCH3 is 1. The first-order valence-electron chi connectivity index (χ1n) is 7.98. The summed E-state index contributed by atoms with van der Waals surface area (Å²) in [5.74, 6) is -0.269. The van der Waals surface area contributed by atoms with Crippen molar-refractivity contribution >= 4 is 28.7 Å². The lowest BCUT2D eigenvalue weighted by molar-refractivity contribution is -0.139. The molecule has 1 heterocycles. The number of carbonyl (C=O) groups is 1. The zero-order valence-corrected chi connectivity index (χ0v) is 15.3. The number of benzene rings is 2. The number of thiazole rings is 1. The Labute approximate surface area is 159 Å². The van der Waals surface area contributed by atoms with E-state index in [1.807, 2.05) is 35.7 Å². The average molecular weight is 383 g/mol. The Morgan fingerprint density at radius 2 is 2.07 bits per heavy atom. The molecular weight excluding hydrogens is 366 g/mol. The molecule has 138 valence electrons. The van der Waals surface area contributed by atoms with Gasteiger partial charge in [-0.05, 0) is 23.8 Å². The lowest BCUT2D eigenvalue weighted by Crippen LogP contribution is -2.10. The third kappa shape index (κ3) is 5.05. The summed E-state index contributed by atoms with van der Waals surface area (Å²) in [5, 5.41) is 15.5. The van der Waals surface area contributed by atoms with Gasteiger partial charge in [-0.15, -0.1) is 11.3 Å². The number of rotatable bonds is 8. The van der Waals surface area contributed by atoms with Gasteiger partial charge < -0.3 is 14.6 Å². The van der Waals surface area contributed by atoms with Crippen LogP contribution >= 0.6 is 11.3 Å². The van der Waals surface area contributed by atoms with Crippen LogP contribution in [-0.2, 0) is 4.79 Å². The molecule has 0 amide bonds. The zero-order chi connectivity index (χ0) is 19.1. The summed E-state index contributed by atoms with van der Waals surface area (Å²) in [6, 6.07) is 15.0. The maximum atomic E-state index is 10.7. The van der Waals surface area contributed by atoms with Crippen LogP contribution in [0.4, 0.5) is 5.13 Å². The Bertz CT molecular complexity index is 941. The van der Waals surface area contributed by atoms with Crippen LogP contribution in [0.25, 0.3) is 11.3 Å². The van der Waals surface area contributed by atoms with E-state index >= 15 is 0 Å². The van der Waals surface area contributed by atoms with Gasteiger partial charge in [-0.25, -0.2) is 9.78 Å². The first-order valence-corrected chi connectivity index (χ1v) is 8.86.